The van der Waals surface area contributed by atoms with Gasteiger partial charge in [-0.2, -0.15) is 0 Å². The van der Waals surface area contributed by atoms with Gasteiger partial charge >= 0.3 is 0 Å². The third-order valence-electron chi connectivity index (χ3n) is 4.04. The molecule has 0 N–H and O–H groups in total. The summed E-state index contributed by atoms with van der Waals surface area (Å²) >= 11 is 0. The largest absolute Gasteiger partial charge is 0.369 e. The number of hydrogen-bond acceptors (Lipinski definition) is 2. The van der Waals surface area contributed by atoms with E-state index in [-0.39, 0.29) is 0 Å². The van der Waals surface area contributed by atoms with Crippen molar-refractivity contribution in [3.05, 3.63) is 41.0 Å². The van der Waals surface area contributed by atoms with Crippen molar-refractivity contribution in [3.8, 4) is 0 Å². The van der Waals surface area contributed by atoms with E-state index in [2.05, 4.69) is 61.8 Å². The molecule has 104 valence electrons. The third kappa shape index (κ3) is 3.60. The molecule has 2 nitrogen and oxygen atoms in total. The summed E-state index contributed by atoms with van der Waals surface area (Å²) in [7, 11) is 0. The molecule has 0 amide bonds. The van der Waals surface area contributed by atoms with Crippen LogP contribution in [0.4, 0.5) is 5.69 Å². The summed E-state index contributed by atoms with van der Waals surface area (Å²) in [6, 6.07) is 6.76. The van der Waals surface area contributed by atoms with E-state index in [1.54, 1.807) is 0 Å². The van der Waals surface area contributed by atoms with Crippen molar-refractivity contribution < 1.29 is 0 Å². The number of allylic oxidation sites excluding steroid dienone is 1. The lowest BCUT2D eigenvalue weighted by Crippen LogP contribution is -2.47. The molecule has 0 aliphatic carbocycles. The van der Waals surface area contributed by atoms with Crippen LogP contribution in [0.2, 0.25) is 0 Å². The Balaban J connectivity index is 1.98. The monoisotopic (exact) mass is 258 g/mol. The van der Waals surface area contributed by atoms with E-state index in [1.807, 2.05) is 0 Å². The van der Waals surface area contributed by atoms with Crippen LogP contribution in [0, 0.1) is 13.8 Å². The van der Waals surface area contributed by atoms with E-state index >= 15 is 0 Å². The first kappa shape index (κ1) is 14.1. The van der Waals surface area contributed by atoms with Crippen molar-refractivity contribution in [2.45, 2.75) is 27.7 Å². The van der Waals surface area contributed by atoms with E-state index in [4.69, 9.17) is 0 Å². The van der Waals surface area contributed by atoms with Crippen molar-refractivity contribution in [2.24, 2.45) is 0 Å². The van der Waals surface area contributed by atoms with Gasteiger partial charge in [0.1, 0.15) is 0 Å². The molecule has 0 saturated carbocycles. The molecule has 1 aliphatic heterocycles. The maximum atomic E-state index is 2.55. The number of rotatable bonds is 3. The molecule has 0 unspecified atom stereocenters. The average molecular weight is 258 g/mol. The summed E-state index contributed by atoms with van der Waals surface area (Å²) in [5.74, 6) is 0. The molecule has 0 aromatic heterocycles. The number of nitrogens with zero attached hydrogens (tertiary/aromatic N) is 2. The summed E-state index contributed by atoms with van der Waals surface area (Å²) in [6.07, 6.45) is 2.22. The summed E-state index contributed by atoms with van der Waals surface area (Å²) < 4.78 is 0. The molecule has 1 aromatic carbocycles. The van der Waals surface area contributed by atoms with Crippen molar-refractivity contribution in [2.75, 3.05) is 37.6 Å². The first-order chi connectivity index (χ1) is 9.10. The molecule has 0 atom stereocenters. The zero-order valence-corrected chi connectivity index (χ0v) is 12.7. The highest BCUT2D eigenvalue weighted by atomic mass is 15.3. The normalized spacial score (nSPS) is 17.9. The van der Waals surface area contributed by atoms with E-state index in [0.717, 1.165) is 19.6 Å². The Morgan fingerprint density at radius 3 is 2.47 bits per heavy atom. The quantitative estimate of drug-likeness (QED) is 0.767. The zero-order valence-electron chi connectivity index (χ0n) is 12.7. The van der Waals surface area contributed by atoms with Crippen LogP contribution in [0.15, 0.2) is 29.8 Å². The number of aryl methyl sites for hydroxylation is 2. The van der Waals surface area contributed by atoms with Gasteiger partial charge in [-0.3, -0.25) is 4.90 Å². The van der Waals surface area contributed by atoms with Gasteiger partial charge in [0.25, 0.3) is 0 Å². The minimum atomic E-state index is 1.12. The fourth-order valence-electron chi connectivity index (χ4n) is 2.65. The molecule has 0 spiro atoms. The predicted octanol–water partition coefficient (Wildman–Crippen LogP) is 3.39. The van der Waals surface area contributed by atoms with E-state index in [9.17, 15) is 0 Å². The van der Waals surface area contributed by atoms with Gasteiger partial charge in [-0.1, -0.05) is 23.8 Å². The lowest BCUT2D eigenvalue weighted by molar-refractivity contribution is 0.278. The zero-order chi connectivity index (χ0) is 13.8. The first-order valence-electron chi connectivity index (χ1n) is 7.26. The minimum Gasteiger partial charge on any atom is -0.369 e. The molecule has 1 fully saturated rings. The van der Waals surface area contributed by atoms with Crippen LogP contribution in [0.1, 0.15) is 25.0 Å². The van der Waals surface area contributed by atoms with Gasteiger partial charge in [-0.15, -0.1) is 0 Å². The van der Waals surface area contributed by atoms with Crippen LogP contribution < -0.4 is 4.90 Å². The Labute approximate surface area is 117 Å². The van der Waals surface area contributed by atoms with Crippen LogP contribution in [-0.4, -0.2) is 37.6 Å². The SMILES string of the molecule is C/C=C(/C)CN1CCN(c2cc(C)ccc2C)CC1. The highest BCUT2D eigenvalue weighted by Crippen LogP contribution is 2.22. The van der Waals surface area contributed by atoms with E-state index in [0.29, 0.717) is 0 Å². The van der Waals surface area contributed by atoms with Gasteiger partial charge in [-0.05, 0) is 44.9 Å². The predicted molar refractivity (Wildman–Crippen MR) is 84.0 cm³/mol. The fraction of sp³-hybridized carbons (Fsp3) is 0.529. The lowest BCUT2D eigenvalue weighted by atomic mass is 10.1. The van der Waals surface area contributed by atoms with Crippen molar-refractivity contribution in [1.29, 1.82) is 0 Å². The molecule has 0 radical (unpaired) electrons. The maximum Gasteiger partial charge on any atom is 0.0399 e. The third-order valence-corrected chi connectivity index (χ3v) is 4.04. The standard InChI is InChI=1S/C17H26N2/c1-5-14(2)13-18-8-10-19(11-9-18)17-12-15(3)6-7-16(17)4/h5-7,12H,8-11,13H2,1-4H3/b14-5-. The van der Waals surface area contributed by atoms with Gasteiger partial charge < -0.3 is 4.90 Å². The van der Waals surface area contributed by atoms with Crippen molar-refractivity contribution >= 4 is 5.69 Å². The molecule has 1 saturated heterocycles. The first-order valence-corrected chi connectivity index (χ1v) is 7.26. The molecule has 1 aromatic rings. The highest BCUT2D eigenvalue weighted by Gasteiger charge is 2.18. The van der Waals surface area contributed by atoms with Crippen LogP contribution in [0.5, 0.6) is 0 Å². The minimum absolute atomic E-state index is 1.12. The Morgan fingerprint density at radius 2 is 1.84 bits per heavy atom. The summed E-state index contributed by atoms with van der Waals surface area (Å²) in [6.45, 7) is 14.5. The Bertz CT molecular complexity index is 454. The molecule has 19 heavy (non-hydrogen) atoms. The summed E-state index contributed by atoms with van der Waals surface area (Å²) in [4.78, 5) is 5.08. The summed E-state index contributed by atoms with van der Waals surface area (Å²) in [5, 5.41) is 0. The number of hydrogen-bond donors (Lipinski definition) is 0. The van der Waals surface area contributed by atoms with Crippen molar-refractivity contribution in [1.82, 2.24) is 4.90 Å². The van der Waals surface area contributed by atoms with Gasteiger partial charge in [0.15, 0.2) is 0 Å². The van der Waals surface area contributed by atoms with Gasteiger partial charge in [-0.25, -0.2) is 0 Å². The number of benzene rings is 1. The molecular weight excluding hydrogens is 232 g/mol. The molecular formula is C17H26N2. The Morgan fingerprint density at radius 1 is 1.16 bits per heavy atom. The molecule has 0 bridgehead atoms. The smallest absolute Gasteiger partial charge is 0.0399 e. The fourth-order valence-corrected chi connectivity index (χ4v) is 2.65. The topological polar surface area (TPSA) is 6.48 Å². The van der Waals surface area contributed by atoms with Gasteiger partial charge in [0.2, 0.25) is 0 Å². The second-order valence-corrected chi connectivity index (χ2v) is 5.69. The van der Waals surface area contributed by atoms with Gasteiger partial charge in [0.05, 0.1) is 0 Å². The van der Waals surface area contributed by atoms with E-state index < -0.39 is 0 Å². The van der Waals surface area contributed by atoms with Crippen LogP contribution in [0.3, 0.4) is 0 Å². The van der Waals surface area contributed by atoms with Gasteiger partial charge in [0, 0.05) is 38.4 Å². The highest BCUT2D eigenvalue weighted by molar-refractivity contribution is 5.55. The molecule has 1 heterocycles. The molecule has 2 rings (SSSR count). The summed E-state index contributed by atoms with van der Waals surface area (Å²) in [5.41, 5.74) is 5.64. The van der Waals surface area contributed by atoms with Crippen molar-refractivity contribution in [3.63, 3.8) is 0 Å². The van der Waals surface area contributed by atoms with E-state index in [1.165, 1.54) is 35.5 Å². The Hall–Kier alpha value is -1.28. The maximum absolute atomic E-state index is 2.55. The lowest BCUT2D eigenvalue weighted by Gasteiger charge is -2.37. The second kappa shape index (κ2) is 6.25. The van der Waals surface area contributed by atoms with Crippen LogP contribution in [-0.2, 0) is 0 Å². The molecule has 1 aliphatic rings. The second-order valence-electron chi connectivity index (χ2n) is 5.69. The average Bonchev–Trinajstić information content (AvgIpc) is 2.42. The molecule has 2 heteroatoms. The number of piperazine rings is 1. The number of anilines is 1. The Kier molecular flexibility index (Phi) is 4.65. The van der Waals surface area contributed by atoms with Crippen LogP contribution in [0.25, 0.3) is 0 Å². The van der Waals surface area contributed by atoms with Crippen LogP contribution >= 0.6 is 0 Å².